The van der Waals surface area contributed by atoms with E-state index in [9.17, 15) is 8.42 Å². The summed E-state index contributed by atoms with van der Waals surface area (Å²) in [6, 6.07) is 8.99. The summed E-state index contributed by atoms with van der Waals surface area (Å²) in [5.41, 5.74) is 2.67. The molecule has 0 aromatic heterocycles. The molecule has 2 fully saturated rings. The van der Waals surface area contributed by atoms with Gasteiger partial charge in [0.1, 0.15) is 0 Å². The van der Waals surface area contributed by atoms with Crippen molar-refractivity contribution >= 4 is 9.84 Å². The minimum absolute atomic E-state index is 0.172. The number of benzene rings is 1. The molecule has 1 saturated heterocycles. The average Bonchev–Trinajstić information content (AvgIpc) is 3.21. The summed E-state index contributed by atoms with van der Waals surface area (Å²) in [7, 11) is -2.82. The van der Waals surface area contributed by atoms with E-state index in [2.05, 4.69) is 36.5 Å². The van der Waals surface area contributed by atoms with Crippen LogP contribution in [0.3, 0.4) is 0 Å². The van der Waals surface area contributed by atoms with Crippen LogP contribution in [0.25, 0.3) is 0 Å². The second-order valence-corrected chi connectivity index (χ2v) is 8.37. The van der Waals surface area contributed by atoms with Gasteiger partial charge in [-0.15, -0.1) is 0 Å². The molecule has 0 bridgehead atoms. The van der Waals surface area contributed by atoms with Crippen molar-refractivity contribution in [3.05, 3.63) is 35.4 Å². The standard InChI is InChI=1S/C16H23NO2S/c1-2-17-16(15-9-10-20(18,19)11-15)14-7-5-13(6-8-14)12-3-4-12/h5-8,12,15-17H,2-4,9-11H2,1H3. The predicted octanol–water partition coefficient (Wildman–Crippen LogP) is 2.65. The highest BCUT2D eigenvalue weighted by Crippen LogP contribution is 2.40. The highest BCUT2D eigenvalue weighted by molar-refractivity contribution is 7.91. The van der Waals surface area contributed by atoms with Gasteiger partial charge in [-0.05, 0) is 48.8 Å². The van der Waals surface area contributed by atoms with E-state index >= 15 is 0 Å². The highest BCUT2D eigenvalue weighted by Gasteiger charge is 2.34. The first-order valence-corrected chi connectivity index (χ1v) is 9.45. The molecule has 20 heavy (non-hydrogen) atoms. The van der Waals surface area contributed by atoms with Crippen LogP contribution in [0.1, 0.15) is 49.3 Å². The number of nitrogens with one attached hydrogen (secondary N) is 1. The Hall–Kier alpha value is -0.870. The fourth-order valence-corrected chi connectivity index (χ4v) is 5.10. The lowest BCUT2D eigenvalue weighted by Crippen LogP contribution is -2.29. The van der Waals surface area contributed by atoms with Gasteiger partial charge < -0.3 is 5.32 Å². The third kappa shape index (κ3) is 3.07. The lowest BCUT2D eigenvalue weighted by molar-refractivity contribution is 0.400. The van der Waals surface area contributed by atoms with Crippen molar-refractivity contribution in [2.75, 3.05) is 18.1 Å². The molecule has 0 amide bonds. The van der Waals surface area contributed by atoms with Crippen molar-refractivity contribution in [3.63, 3.8) is 0 Å². The maximum absolute atomic E-state index is 11.7. The second kappa shape index (κ2) is 5.49. The van der Waals surface area contributed by atoms with Crippen molar-refractivity contribution < 1.29 is 8.42 Å². The Balaban J connectivity index is 1.78. The predicted molar refractivity (Wildman–Crippen MR) is 81.6 cm³/mol. The molecule has 3 nitrogen and oxygen atoms in total. The molecule has 0 spiro atoms. The Morgan fingerprint density at radius 2 is 1.90 bits per heavy atom. The van der Waals surface area contributed by atoms with E-state index in [1.165, 1.54) is 24.0 Å². The summed E-state index contributed by atoms with van der Waals surface area (Å²) in [5.74, 6) is 1.66. The molecule has 1 aliphatic heterocycles. The molecule has 1 aliphatic carbocycles. The smallest absolute Gasteiger partial charge is 0.150 e. The maximum atomic E-state index is 11.7. The highest BCUT2D eigenvalue weighted by atomic mass is 32.2. The molecule has 3 rings (SSSR count). The van der Waals surface area contributed by atoms with Gasteiger partial charge in [0.05, 0.1) is 11.5 Å². The molecule has 1 aromatic carbocycles. The zero-order valence-corrected chi connectivity index (χ0v) is 12.8. The fourth-order valence-electron chi connectivity index (χ4n) is 3.26. The molecule has 2 atom stereocenters. The minimum atomic E-state index is -2.82. The lowest BCUT2D eigenvalue weighted by Gasteiger charge is -2.24. The SMILES string of the molecule is CCNC(c1ccc(C2CC2)cc1)C1CCS(=O)(=O)C1. The Labute approximate surface area is 121 Å². The average molecular weight is 293 g/mol. The Morgan fingerprint density at radius 3 is 2.40 bits per heavy atom. The van der Waals surface area contributed by atoms with Gasteiger partial charge in [-0.25, -0.2) is 8.42 Å². The van der Waals surface area contributed by atoms with Crippen LogP contribution < -0.4 is 5.32 Å². The van der Waals surface area contributed by atoms with Crippen molar-refractivity contribution in [2.24, 2.45) is 5.92 Å². The first-order valence-electron chi connectivity index (χ1n) is 7.63. The maximum Gasteiger partial charge on any atom is 0.150 e. The van der Waals surface area contributed by atoms with Crippen molar-refractivity contribution in [1.29, 1.82) is 0 Å². The van der Waals surface area contributed by atoms with Gasteiger partial charge in [-0.3, -0.25) is 0 Å². The van der Waals surface area contributed by atoms with Gasteiger partial charge in [0.2, 0.25) is 0 Å². The number of hydrogen-bond donors (Lipinski definition) is 1. The molecule has 2 aliphatic rings. The minimum Gasteiger partial charge on any atom is -0.310 e. The van der Waals surface area contributed by atoms with Crippen LogP contribution in [0.2, 0.25) is 0 Å². The summed E-state index contributed by atoms with van der Waals surface area (Å²) in [6.07, 6.45) is 3.41. The van der Waals surface area contributed by atoms with Crippen molar-refractivity contribution in [2.45, 2.75) is 38.1 Å². The molecule has 4 heteroatoms. The van der Waals surface area contributed by atoms with Crippen LogP contribution in [0, 0.1) is 5.92 Å². The Bertz CT molecular complexity index is 561. The van der Waals surface area contributed by atoms with E-state index in [1.54, 1.807) is 0 Å². The van der Waals surface area contributed by atoms with Crippen molar-refractivity contribution in [1.82, 2.24) is 5.32 Å². The Kier molecular flexibility index (Phi) is 3.87. The fraction of sp³-hybridized carbons (Fsp3) is 0.625. The van der Waals surface area contributed by atoms with E-state index in [0.717, 1.165) is 18.9 Å². The van der Waals surface area contributed by atoms with E-state index in [-0.39, 0.29) is 12.0 Å². The van der Waals surface area contributed by atoms with E-state index in [4.69, 9.17) is 0 Å². The number of hydrogen-bond acceptors (Lipinski definition) is 3. The van der Waals surface area contributed by atoms with E-state index in [0.29, 0.717) is 11.5 Å². The van der Waals surface area contributed by atoms with Crippen molar-refractivity contribution in [3.8, 4) is 0 Å². The van der Waals surface area contributed by atoms with E-state index < -0.39 is 9.84 Å². The van der Waals surface area contributed by atoms with Crippen LogP contribution >= 0.6 is 0 Å². The molecule has 1 aromatic rings. The summed E-state index contributed by atoms with van der Waals surface area (Å²) in [6.45, 7) is 2.95. The van der Waals surface area contributed by atoms with Gasteiger partial charge in [-0.2, -0.15) is 0 Å². The molecule has 1 saturated carbocycles. The van der Waals surface area contributed by atoms with Gasteiger partial charge in [0, 0.05) is 6.04 Å². The van der Waals surface area contributed by atoms with Crippen LogP contribution in [0.15, 0.2) is 24.3 Å². The summed E-state index contributed by atoms with van der Waals surface area (Å²) in [4.78, 5) is 0. The summed E-state index contributed by atoms with van der Waals surface area (Å²) < 4.78 is 23.4. The number of sulfone groups is 1. The third-order valence-electron chi connectivity index (χ3n) is 4.51. The van der Waals surface area contributed by atoms with Gasteiger partial charge in [0.15, 0.2) is 9.84 Å². The van der Waals surface area contributed by atoms with Gasteiger partial charge >= 0.3 is 0 Å². The molecule has 0 radical (unpaired) electrons. The molecule has 1 heterocycles. The second-order valence-electron chi connectivity index (χ2n) is 6.14. The largest absolute Gasteiger partial charge is 0.310 e. The first kappa shape index (κ1) is 14.1. The van der Waals surface area contributed by atoms with E-state index in [1.807, 2.05) is 0 Å². The topological polar surface area (TPSA) is 46.2 Å². The van der Waals surface area contributed by atoms with Crippen LogP contribution in [0.5, 0.6) is 0 Å². The lowest BCUT2D eigenvalue weighted by atomic mass is 9.91. The normalized spacial score (nSPS) is 26.6. The third-order valence-corrected chi connectivity index (χ3v) is 6.30. The van der Waals surface area contributed by atoms with Crippen LogP contribution in [-0.4, -0.2) is 26.5 Å². The first-order chi connectivity index (χ1) is 9.59. The molecular formula is C16H23NO2S. The monoisotopic (exact) mass is 293 g/mol. The van der Waals surface area contributed by atoms with Crippen LogP contribution in [0.4, 0.5) is 0 Å². The zero-order valence-electron chi connectivity index (χ0n) is 12.0. The molecule has 110 valence electrons. The molecular weight excluding hydrogens is 270 g/mol. The Morgan fingerprint density at radius 1 is 1.20 bits per heavy atom. The summed E-state index contributed by atoms with van der Waals surface area (Å²) >= 11 is 0. The number of rotatable bonds is 5. The summed E-state index contributed by atoms with van der Waals surface area (Å²) in [5, 5.41) is 3.48. The van der Waals surface area contributed by atoms with Crippen LogP contribution in [-0.2, 0) is 9.84 Å². The van der Waals surface area contributed by atoms with Gasteiger partial charge in [-0.1, -0.05) is 31.2 Å². The van der Waals surface area contributed by atoms with Gasteiger partial charge in [0.25, 0.3) is 0 Å². The molecule has 1 N–H and O–H groups in total. The molecule has 2 unspecified atom stereocenters. The zero-order chi connectivity index (χ0) is 14.2. The quantitative estimate of drug-likeness (QED) is 0.908.